The quantitative estimate of drug-likeness (QED) is 0.198. The highest BCUT2D eigenvalue weighted by molar-refractivity contribution is 14.0. The molecule has 7 nitrogen and oxygen atoms in total. The fourth-order valence-corrected chi connectivity index (χ4v) is 5.28. The van der Waals surface area contributed by atoms with E-state index < -0.39 is 0 Å². The topological polar surface area (TPSA) is 86.7 Å². The molecule has 2 aliphatic carbocycles. The highest BCUT2D eigenvalue weighted by Gasteiger charge is 2.58. The summed E-state index contributed by atoms with van der Waals surface area (Å²) in [6.45, 7) is 3.66. The minimum Gasteiger partial charge on any atom is -0.356 e. The third kappa shape index (κ3) is 3.96. The normalized spacial score (nSPS) is 27.9. The molecule has 4 unspecified atom stereocenters. The van der Waals surface area contributed by atoms with Crippen LogP contribution in [0.25, 0.3) is 0 Å². The highest BCUT2D eigenvalue weighted by Crippen LogP contribution is 2.52. The number of hydrogen-bond donors (Lipinski definition) is 2. The number of halogens is 1. The van der Waals surface area contributed by atoms with Gasteiger partial charge < -0.3 is 10.6 Å². The molecule has 1 aromatic rings. The summed E-state index contributed by atoms with van der Waals surface area (Å²) in [4.78, 5) is 36.5. The first-order chi connectivity index (χ1) is 13.1. The summed E-state index contributed by atoms with van der Waals surface area (Å²) in [5.74, 6) is 0.968. The molecule has 152 valence electrons. The Kier molecular flexibility index (Phi) is 6.74. The second kappa shape index (κ2) is 8.89. The number of aromatic nitrogens is 1. The number of aryl methyl sites for hydroxylation is 1. The molecule has 2 N–H and O–H groups in total. The summed E-state index contributed by atoms with van der Waals surface area (Å²) in [6, 6.07) is 0. The lowest BCUT2D eigenvalue weighted by molar-refractivity contribution is -0.140. The van der Waals surface area contributed by atoms with Gasteiger partial charge in [-0.05, 0) is 25.2 Å². The monoisotopic (exact) mass is 515 g/mol. The standard InChI is InChI=1S/C19H25N5O2S.HI/c1-11-10-23-14(27-11)5-6-21-19(20-2)22-7-8-24-17(25)15-12-3-4-13(9-12)16(15)18(24)26;/h3-4,10,12-13,15-16H,5-9H2,1-2H3,(H2,20,21,22);1H. The molecular weight excluding hydrogens is 489 g/mol. The molecular formula is C19H26IN5O2S. The van der Waals surface area contributed by atoms with Gasteiger partial charge in [0, 0.05) is 44.2 Å². The number of allylic oxidation sites excluding steroid dienone is 2. The van der Waals surface area contributed by atoms with Crippen molar-refractivity contribution in [3.8, 4) is 0 Å². The summed E-state index contributed by atoms with van der Waals surface area (Å²) in [5, 5.41) is 7.53. The molecule has 2 heterocycles. The Morgan fingerprint density at radius 1 is 1.21 bits per heavy atom. The fourth-order valence-electron chi connectivity index (χ4n) is 4.50. The lowest BCUT2D eigenvalue weighted by Crippen LogP contribution is -2.44. The van der Waals surface area contributed by atoms with Gasteiger partial charge in [0.1, 0.15) is 0 Å². The maximum Gasteiger partial charge on any atom is 0.233 e. The molecule has 1 aliphatic heterocycles. The molecule has 4 rings (SSSR count). The SMILES string of the molecule is CN=C(NCCc1ncc(C)s1)NCCN1C(=O)C2C3C=CC(C3)C2C1=O.I. The Hall–Kier alpha value is -1.49. The van der Waals surface area contributed by atoms with Gasteiger partial charge in [-0.3, -0.25) is 19.5 Å². The first-order valence-electron chi connectivity index (χ1n) is 9.48. The van der Waals surface area contributed by atoms with Gasteiger partial charge >= 0.3 is 0 Å². The number of thiazole rings is 1. The number of hydrogen-bond acceptors (Lipinski definition) is 5. The Morgan fingerprint density at radius 2 is 1.86 bits per heavy atom. The van der Waals surface area contributed by atoms with Gasteiger partial charge in [0.15, 0.2) is 5.96 Å². The lowest BCUT2D eigenvalue weighted by atomic mass is 9.85. The average molecular weight is 515 g/mol. The van der Waals surface area contributed by atoms with Crippen LogP contribution in [0.2, 0.25) is 0 Å². The van der Waals surface area contributed by atoms with Gasteiger partial charge in [-0.1, -0.05) is 12.2 Å². The first kappa shape index (κ1) is 21.2. The molecule has 1 saturated heterocycles. The van der Waals surface area contributed by atoms with Crippen LogP contribution in [0, 0.1) is 30.6 Å². The fraction of sp³-hybridized carbons (Fsp3) is 0.579. The number of amides is 2. The maximum absolute atomic E-state index is 12.7. The van der Waals surface area contributed by atoms with Gasteiger partial charge in [-0.15, -0.1) is 35.3 Å². The van der Waals surface area contributed by atoms with Crippen molar-refractivity contribution in [3.63, 3.8) is 0 Å². The van der Waals surface area contributed by atoms with E-state index in [0.717, 1.165) is 24.4 Å². The molecule has 0 aromatic carbocycles. The van der Waals surface area contributed by atoms with E-state index in [1.165, 1.54) is 9.78 Å². The zero-order valence-electron chi connectivity index (χ0n) is 16.1. The van der Waals surface area contributed by atoms with Gasteiger partial charge in [0.05, 0.1) is 16.8 Å². The zero-order valence-corrected chi connectivity index (χ0v) is 19.2. The summed E-state index contributed by atoms with van der Waals surface area (Å²) < 4.78 is 0. The van der Waals surface area contributed by atoms with Gasteiger partial charge in [-0.2, -0.15) is 0 Å². The highest BCUT2D eigenvalue weighted by atomic mass is 127. The van der Waals surface area contributed by atoms with E-state index in [9.17, 15) is 9.59 Å². The maximum atomic E-state index is 12.7. The van der Waals surface area contributed by atoms with Crippen LogP contribution < -0.4 is 10.6 Å². The Bertz CT molecular complexity index is 778. The zero-order chi connectivity index (χ0) is 19.0. The number of likely N-dealkylation sites (tertiary alicyclic amines) is 1. The molecule has 1 aromatic heterocycles. The molecule has 2 bridgehead atoms. The number of guanidine groups is 1. The van der Waals surface area contributed by atoms with Crippen LogP contribution in [0.4, 0.5) is 0 Å². The Morgan fingerprint density at radius 3 is 2.43 bits per heavy atom. The number of aliphatic imine (C=N–C) groups is 1. The number of carbonyl (C=O) groups excluding carboxylic acids is 2. The third-order valence-corrected chi connectivity index (χ3v) is 6.69. The van der Waals surface area contributed by atoms with E-state index in [1.54, 1.807) is 18.4 Å². The van der Waals surface area contributed by atoms with E-state index in [1.807, 2.05) is 13.1 Å². The second-order valence-electron chi connectivity index (χ2n) is 7.37. The summed E-state index contributed by atoms with van der Waals surface area (Å²) in [7, 11) is 1.71. The number of rotatable bonds is 6. The van der Waals surface area contributed by atoms with E-state index in [4.69, 9.17) is 0 Å². The van der Waals surface area contributed by atoms with Crippen LogP contribution in [0.5, 0.6) is 0 Å². The number of imide groups is 1. The van der Waals surface area contributed by atoms with E-state index >= 15 is 0 Å². The van der Waals surface area contributed by atoms with Gasteiger partial charge in [0.2, 0.25) is 11.8 Å². The Labute approximate surface area is 186 Å². The molecule has 9 heteroatoms. The van der Waals surface area contributed by atoms with Crippen LogP contribution in [0.1, 0.15) is 16.3 Å². The average Bonchev–Trinajstić information content (AvgIpc) is 3.41. The molecule has 2 amide bonds. The van der Waals surface area contributed by atoms with Crippen molar-refractivity contribution < 1.29 is 9.59 Å². The molecule has 3 aliphatic rings. The van der Waals surface area contributed by atoms with Gasteiger partial charge in [-0.25, -0.2) is 4.98 Å². The van der Waals surface area contributed by atoms with Crippen molar-refractivity contribution in [1.82, 2.24) is 20.5 Å². The van der Waals surface area contributed by atoms with Crippen molar-refractivity contribution in [2.75, 3.05) is 26.7 Å². The minimum absolute atomic E-state index is 0. The van der Waals surface area contributed by atoms with Crippen LogP contribution in [0.15, 0.2) is 23.3 Å². The molecule has 28 heavy (non-hydrogen) atoms. The lowest BCUT2D eigenvalue weighted by Gasteiger charge is -2.18. The van der Waals surface area contributed by atoms with Crippen molar-refractivity contribution >= 4 is 53.1 Å². The van der Waals surface area contributed by atoms with Crippen molar-refractivity contribution in [3.05, 3.63) is 28.2 Å². The largest absolute Gasteiger partial charge is 0.356 e. The number of fused-ring (bicyclic) bond motifs is 5. The summed E-state index contributed by atoms with van der Waals surface area (Å²) in [5.41, 5.74) is 0. The molecule has 2 fully saturated rings. The second-order valence-corrected chi connectivity index (χ2v) is 8.69. The molecule has 0 radical (unpaired) electrons. The predicted molar refractivity (Wildman–Crippen MR) is 120 cm³/mol. The van der Waals surface area contributed by atoms with Crippen molar-refractivity contribution in [2.24, 2.45) is 28.7 Å². The molecule has 0 spiro atoms. The molecule has 4 atom stereocenters. The number of nitrogens with zero attached hydrogens (tertiary/aromatic N) is 3. The van der Waals surface area contributed by atoms with E-state index in [-0.39, 0.29) is 59.5 Å². The van der Waals surface area contributed by atoms with E-state index in [2.05, 4.69) is 32.8 Å². The van der Waals surface area contributed by atoms with Crippen LogP contribution in [0.3, 0.4) is 0 Å². The smallest absolute Gasteiger partial charge is 0.233 e. The van der Waals surface area contributed by atoms with Crippen molar-refractivity contribution in [1.29, 1.82) is 0 Å². The van der Waals surface area contributed by atoms with Gasteiger partial charge in [0.25, 0.3) is 0 Å². The Balaban J connectivity index is 0.00000225. The predicted octanol–water partition coefficient (Wildman–Crippen LogP) is 1.58. The number of nitrogens with one attached hydrogen (secondary N) is 2. The minimum atomic E-state index is -0.119. The van der Waals surface area contributed by atoms with E-state index in [0.29, 0.717) is 19.0 Å². The first-order valence-corrected chi connectivity index (χ1v) is 10.3. The van der Waals surface area contributed by atoms with Crippen LogP contribution in [-0.2, 0) is 16.0 Å². The van der Waals surface area contributed by atoms with Crippen molar-refractivity contribution in [2.45, 2.75) is 19.8 Å². The van der Waals surface area contributed by atoms with Crippen LogP contribution >= 0.6 is 35.3 Å². The number of carbonyl (C=O) groups is 2. The summed E-state index contributed by atoms with van der Waals surface area (Å²) in [6.07, 6.45) is 7.92. The third-order valence-electron chi connectivity index (χ3n) is 5.71. The molecule has 1 saturated carbocycles. The van der Waals surface area contributed by atoms with Crippen LogP contribution in [-0.4, -0.2) is 54.3 Å². The summed E-state index contributed by atoms with van der Waals surface area (Å²) >= 11 is 1.70.